The summed E-state index contributed by atoms with van der Waals surface area (Å²) in [6.07, 6.45) is 1.46. The second-order valence-electron chi connectivity index (χ2n) is 3.46. The van der Waals surface area contributed by atoms with Gasteiger partial charge in [-0.25, -0.2) is 4.98 Å². The number of nitrogens with zero attached hydrogens (tertiary/aromatic N) is 3. The number of ether oxygens (including phenoxy) is 2. The second kappa shape index (κ2) is 6.14. The third-order valence-corrected chi connectivity index (χ3v) is 3.56. The molecule has 2 rings (SSSR count). The monoisotopic (exact) mass is 403 g/mol. The van der Waals surface area contributed by atoms with E-state index in [1.165, 1.54) is 25.4 Å². The molecular formula is C11H7Br2N3O4. The van der Waals surface area contributed by atoms with Crippen LogP contribution in [0, 0.1) is 10.1 Å². The molecule has 104 valence electrons. The standard InChI is InChI=1S/C11H7Br2N3O4/c1-19-10-6(12)5-14-11(15-10)20-8-4-2-3-7(9(8)13)16(17)18/h2-5H,1H3. The lowest BCUT2D eigenvalue weighted by Gasteiger charge is -2.07. The molecule has 0 atom stereocenters. The number of aromatic nitrogens is 2. The van der Waals surface area contributed by atoms with Crippen LogP contribution in [0.15, 0.2) is 33.3 Å². The highest BCUT2D eigenvalue weighted by Crippen LogP contribution is 2.36. The van der Waals surface area contributed by atoms with Crippen molar-refractivity contribution < 1.29 is 14.4 Å². The second-order valence-corrected chi connectivity index (χ2v) is 5.11. The summed E-state index contributed by atoms with van der Waals surface area (Å²) in [5.74, 6) is 0.542. The highest BCUT2D eigenvalue weighted by atomic mass is 79.9. The van der Waals surface area contributed by atoms with Gasteiger partial charge in [-0.1, -0.05) is 6.07 Å². The van der Waals surface area contributed by atoms with E-state index in [1.807, 2.05) is 0 Å². The number of benzene rings is 1. The summed E-state index contributed by atoms with van der Waals surface area (Å²) in [7, 11) is 1.46. The lowest BCUT2D eigenvalue weighted by atomic mass is 10.3. The fraction of sp³-hybridized carbons (Fsp3) is 0.0909. The highest BCUT2D eigenvalue weighted by molar-refractivity contribution is 9.11. The fourth-order valence-corrected chi connectivity index (χ4v) is 2.19. The Morgan fingerprint density at radius 2 is 2.10 bits per heavy atom. The van der Waals surface area contributed by atoms with Crippen molar-refractivity contribution in [1.29, 1.82) is 0 Å². The minimum Gasteiger partial charge on any atom is -0.480 e. The molecular weight excluding hydrogens is 398 g/mol. The van der Waals surface area contributed by atoms with Crippen LogP contribution >= 0.6 is 31.9 Å². The van der Waals surface area contributed by atoms with Gasteiger partial charge in [0, 0.05) is 6.07 Å². The molecule has 0 aliphatic heterocycles. The molecule has 0 radical (unpaired) electrons. The maximum atomic E-state index is 10.8. The molecule has 0 unspecified atom stereocenters. The zero-order chi connectivity index (χ0) is 14.7. The zero-order valence-corrected chi connectivity index (χ0v) is 13.2. The van der Waals surface area contributed by atoms with Crippen LogP contribution in [0.4, 0.5) is 5.69 Å². The molecule has 0 saturated carbocycles. The summed E-state index contributed by atoms with van der Waals surface area (Å²) in [6.45, 7) is 0. The van der Waals surface area contributed by atoms with Crippen LogP contribution in [0.2, 0.25) is 0 Å². The SMILES string of the molecule is COc1nc(Oc2cccc([N+](=O)[O-])c2Br)ncc1Br. The van der Waals surface area contributed by atoms with E-state index in [0.717, 1.165) is 0 Å². The number of methoxy groups -OCH3 is 1. The quantitative estimate of drug-likeness (QED) is 0.570. The van der Waals surface area contributed by atoms with Crippen LogP contribution in [0.3, 0.4) is 0 Å². The summed E-state index contributed by atoms with van der Waals surface area (Å²) >= 11 is 6.34. The van der Waals surface area contributed by atoms with Gasteiger partial charge in [-0.05, 0) is 37.9 Å². The Bertz CT molecular complexity index is 666. The average molecular weight is 405 g/mol. The van der Waals surface area contributed by atoms with Crippen molar-refractivity contribution >= 4 is 37.5 Å². The van der Waals surface area contributed by atoms with E-state index < -0.39 is 4.92 Å². The van der Waals surface area contributed by atoms with Crippen LogP contribution in [0.5, 0.6) is 17.6 Å². The first-order valence-corrected chi connectivity index (χ1v) is 6.79. The third-order valence-electron chi connectivity index (χ3n) is 2.22. The minimum absolute atomic E-state index is 0.0197. The van der Waals surface area contributed by atoms with Crippen LogP contribution in [-0.4, -0.2) is 22.0 Å². The molecule has 0 amide bonds. The number of hydrogen-bond donors (Lipinski definition) is 0. The van der Waals surface area contributed by atoms with Crippen molar-refractivity contribution in [3.05, 3.63) is 43.5 Å². The molecule has 0 fully saturated rings. The van der Waals surface area contributed by atoms with E-state index in [9.17, 15) is 10.1 Å². The number of nitro groups is 1. The summed E-state index contributed by atoms with van der Waals surface area (Å²) in [5.41, 5.74) is -0.105. The van der Waals surface area contributed by atoms with Crippen LogP contribution in [-0.2, 0) is 0 Å². The van der Waals surface area contributed by atoms with Gasteiger partial charge in [0.2, 0.25) is 5.88 Å². The Morgan fingerprint density at radius 1 is 1.35 bits per heavy atom. The van der Waals surface area contributed by atoms with E-state index in [2.05, 4.69) is 41.8 Å². The van der Waals surface area contributed by atoms with Crippen LogP contribution < -0.4 is 9.47 Å². The topological polar surface area (TPSA) is 87.4 Å². The van der Waals surface area contributed by atoms with E-state index >= 15 is 0 Å². The molecule has 7 nitrogen and oxygen atoms in total. The van der Waals surface area contributed by atoms with Gasteiger partial charge in [0.15, 0.2) is 5.75 Å². The number of rotatable bonds is 4. The van der Waals surface area contributed by atoms with Gasteiger partial charge in [-0.2, -0.15) is 4.98 Å². The largest absolute Gasteiger partial charge is 0.480 e. The van der Waals surface area contributed by atoms with Gasteiger partial charge < -0.3 is 9.47 Å². The third kappa shape index (κ3) is 3.05. The lowest BCUT2D eigenvalue weighted by Crippen LogP contribution is -1.97. The first-order valence-electron chi connectivity index (χ1n) is 5.20. The predicted molar refractivity (Wildman–Crippen MR) is 77.2 cm³/mol. The van der Waals surface area contributed by atoms with Gasteiger partial charge in [0.05, 0.1) is 22.7 Å². The molecule has 1 aromatic heterocycles. The van der Waals surface area contributed by atoms with Crippen molar-refractivity contribution in [2.45, 2.75) is 0 Å². The molecule has 20 heavy (non-hydrogen) atoms. The molecule has 1 heterocycles. The summed E-state index contributed by atoms with van der Waals surface area (Å²) in [4.78, 5) is 18.3. The van der Waals surface area contributed by atoms with Crippen molar-refractivity contribution in [1.82, 2.24) is 9.97 Å². The van der Waals surface area contributed by atoms with Gasteiger partial charge in [-0.15, -0.1) is 0 Å². The normalized spacial score (nSPS) is 10.2. The first-order chi connectivity index (χ1) is 9.52. The van der Waals surface area contributed by atoms with Gasteiger partial charge in [0.25, 0.3) is 5.69 Å². The van der Waals surface area contributed by atoms with E-state index in [1.54, 1.807) is 6.07 Å². The predicted octanol–water partition coefficient (Wildman–Crippen LogP) is 3.71. The van der Waals surface area contributed by atoms with Crippen molar-refractivity contribution in [2.24, 2.45) is 0 Å². The Labute approximate surface area is 130 Å². The summed E-state index contributed by atoms with van der Waals surface area (Å²) in [6, 6.07) is 4.45. The molecule has 0 aliphatic rings. The Hall–Kier alpha value is -1.74. The fourth-order valence-electron chi connectivity index (χ4n) is 1.35. The van der Waals surface area contributed by atoms with Crippen LogP contribution in [0.25, 0.3) is 0 Å². The van der Waals surface area contributed by atoms with E-state index in [-0.39, 0.29) is 21.9 Å². The van der Waals surface area contributed by atoms with E-state index in [0.29, 0.717) is 10.4 Å². The highest BCUT2D eigenvalue weighted by Gasteiger charge is 2.17. The Balaban J connectivity index is 2.35. The minimum atomic E-state index is -0.514. The van der Waals surface area contributed by atoms with Crippen molar-refractivity contribution in [3.63, 3.8) is 0 Å². The van der Waals surface area contributed by atoms with Gasteiger partial charge >= 0.3 is 6.01 Å². The van der Waals surface area contributed by atoms with E-state index in [4.69, 9.17) is 9.47 Å². The molecule has 0 spiro atoms. The lowest BCUT2D eigenvalue weighted by molar-refractivity contribution is -0.385. The average Bonchev–Trinajstić information content (AvgIpc) is 2.42. The van der Waals surface area contributed by atoms with Gasteiger partial charge in [-0.3, -0.25) is 10.1 Å². The zero-order valence-electron chi connectivity index (χ0n) is 10.0. The molecule has 0 bridgehead atoms. The molecule has 0 aliphatic carbocycles. The molecule has 2 aromatic rings. The number of halogens is 2. The first kappa shape index (κ1) is 14.7. The maximum absolute atomic E-state index is 10.8. The smallest absolute Gasteiger partial charge is 0.325 e. The van der Waals surface area contributed by atoms with Crippen LogP contribution in [0.1, 0.15) is 0 Å². The number of nitro benzene ring substituents is 1. The summed E-state index contributed by atoms with van der Waals surface area (Å²) < 4.78 is 11.2. The maximum Gasteiger partial charge on any atom is 0.325 e. The summed E-state index contributed by atoms with van der Waals surface area (Å²) in [5, 5.41) is 10.8. The van der Waals surface area contributed by atoms with Gasteiger partial charge in [0.1, 0.15) is 4.47 Å². The van der Waals surface area contributed by atoms with Crippen molar-refractivity contribution in [3.8, 4) is 17.6 Å². The molecule has 0 saturated heterocycles. The number of hydrogen-bond acceptors (Lipinski definition) is 6. The van der Waals surface area contributed by atoms with Crippen molar-refractivity contribution in [2.75, 3.05) is 7.11 Å². The Morgan fingerprint density at radius 3 is 2.75 bits per heavy atom. The molecule has 0 N–H and O–H groups in total. The Kier molecular flexibility index (Phi) is 4.50. The molecule has 1 aromatic carbocycles. The molecule has 9 heteroatoms.